The first-order chi connectivity index (χ1) is 17.4. The van der Waals surface area contributed by atoms with Crippen molar-refractivity contribution in [1.29, 1.82) is 0 Å². The maximum absolute atomic E-state index is 9.80. The van der Waals surface area contributed by atoms with E-state index in [2.05, 4.69) is 6.07 Å². The van der Waals surface area contributed by atoms with Crippen molar-refractivity contribution in [2.45, 2.75) is 12.0 Å². The van der Waals surface area contributed by atoms with Crippen molar-refractivity contribution in [3.8, 4) is 34.5 Å². The van der Waals surface area contributed by atoms with Gasteiger partial charge in [-0.05, 0) is 70.8 Å². The number of methoxy groups -OCH3 is 2. The van der Waals surface area contributed by atoms with Crippen LogP contribution < -0.4 is 14.2 Å². The molecule has 182 valence electrons. The van der Waals surface area contributed by atoms with Crippen LogP contribution in [0.2, 0.25) is 0 Å². The zero-order chi connectivity index (χ0) is 25.2. The Morgan fingerprint density at radius 2 is 1.28 bits per heavy atom. The molecule has 4 aromatic carbocycles. The lowest BCUT2D eigenvalue weighted by molar-refractivity contribution is 0.222. The molecule has 1 aliphatic rings. The van der Waals surface area contributed by atoms with Crippen molar-refractivity contribution in [1.82, 2.24) is 0 Å². The minimum atomic E-state index is -0.320. The van der Waals surface area contributed by atoms with E-state index < -0.39 is 0 Å². The highest BCUT2D eigenvalue weighted by molar-refractivity contribution is 5.72. The SMILES string of the molecule is COc1cc(OC)cc(C2c3cc(/C=C/c4cc(O)cc(O)c4)ccc3OC2c2ccc(O)cc2)c1. The molecule has 0 radical (unpaired) electrons. The highest BCUT2D eigenvalue weighted by Gasteiger charge is 2.37. The summed E-state index contributed by atoms with van der Waals surface area (Å²) in [6, 6.07) is 23.3. The molecule has 0 amide bonds. The number of phenols is 3. The fourth-order valence-electron chi connectivity index (χ4n) is 4.58. The van der Waals surface area contributed by atoms with E-state index in [1.807, 2.05) is 54.6 Å². The number of benzene rings is 4. The lowest BCUT2D eigenvalue weighted by atomic mass is 9.84. The molecule has 1 aliphatic heterocycles. The smallest absolute Gasteiger partial charge is 0.135 e. The Labute approximate surface area is 209 Å². The summed E-state index contributed by atoms with van der Waals surface area (Å²) in [5, 5.41) is 29.3. The third-order valence-corrected chi connectivity index (χ3v) is 6.27. The zero-order valence-corrected chi connectivity index (χ0v) is 19.9. The van der Waals surface area contributed by atoms with Gasteiger partial charge in [0, 0.05) is 17.7 Å². The maximum Gasteiger partial charge on any atom is 0.135 e. The Morgan fingerprint density at radius 3 is 1.92 bits per heavy atom. The number of fused-ring (bicyclic) bond motifs is 1. The average Bonchev–Trinajstić information content (AvgIpc) is 3.25. The van der Waals surface area contributed by atoms with Crippen LogP contribution >= 0.6 is 0 Å². The third kappa shape index (κ3) is 4.66. The van der Waals surface area contributed by atoms with E-state index in [1.54, 1.807) is 38.5 Å². The molecule has 6 nitrogen and oxygen atoms in total. The first-order valence-electron chi connectivity index (χ1n) is 11.5. The summed E-state index contributed by atoms with van der Waals surface area (Å²) in [4.78, 5) is 0. The van der Waals surface area contributed by atoms with Gasteiger partial charge in [-0.3, -0.25) is 0 Å². The predicted octanol–water partition coefficient (Wildman–Crippen LogP) is 6.26. The molecule has 2 unspecified atom stereocenters. The maximum atomic E-state index is 9.80. The normalized spacial score (nSPS) is 16.5. The predicted molar refractivity (Wildman–Crippen MR) is 138 cm³/mol. The molecule has 2 atom stereocenters. The van der Waals surface area contributed by atoms with E-state index in [9.17, 15) is 15.3 Å². The monoisotopic (exact) mass is 482 g/mol. The standard InChI is InChI=1S/C30H26O6/c1-34-25-14-21(15-26(17-25)35-2)29-27-13-18(3-4-19-11-23(32)16-24(33)12-19)5-10-28(27)36-30(29)20-6-8-22(31)9-7-20/h3-17,29-33H,1-2H3/b4-3+. The molecule has 0 saturated heterocycles. The second-order valence-electron chi connectivity index (χ2n) is 8.67. The van der Waals surface area contributed by atoms with Gasteiger partial charge < -0.3 is 29.5 Å². The van der Waals surface area contributed by atoms with E-state index in [0.29, 0.717) is 17.1 Å². The molecule has 5 rings (SSSR count). The topological polar surface area (TPSA) is 88.4 Å². The van der Waals surface area contributed by atoms with Gasteiger partial charge in [0.05, 0.1) is 20.1 Å². The van der Waals surface area contributed by atoms with Gasteiger partial charge in [-0.25, -0.2) is 0 Å². The van der Waals surface area contributed by atoms with Gasteiger partial charge >= 0.3 is 0 Å². The summed E-state index contributed by atoms with van der Waals surface area (Å²) in [6.07, 6.45) is 3.43. The Kier molecular flexibility index (Phi) is 6.17. The lowest BCUT2D eigenvalue weighted by Crippen LogP contribution is -2.11. The van der Waals surface area contributed by atoms with E-state index in [0.717, 1.165) is 28.0 Å². The quantitative estimate of drug-likeness (QED) is 0.281. The number of ether oxygens (including phenoxy) is 3. The van der Waals surface area contributed by atoms with Crippen molar-refractivity contribution in [2.24, 2.45) is 0 Å². The van der Waals surface area contributed by atoms with Gasteiger partial charge in [-0.2, -0.15) is 0 Å². The summed E-state index contributed by atoms with van der Waals surface area (Å²) < 4.78 is 17.5. The van der Waals surface area contributed by atoms with Gasteiger partial charge in [0.25, 0.3) is 0 Å². The van der Waals surface area contributed by atoms with Crippen LogP contribution in [0.3, 0.4) is 0 Å². The first-order valence-corrected chi connectivity index (χ1v) is 11.5. The van der Waals surface area contributed by atoms with Gasteiger partial charge in [-0.1, -0.05) is 30.4 Å². The average molecular weight is 483 g/mol. The Balaban J connectivity index is 1.59. The summed E-state index contributed by atoms with van der Waals surface area (Å²) in [5.74, 6) is 2.17. The van der Waals surface area contributed by atoms with Crippen LogP contribution in [0, 0.1) is 0 Å². The van der Waals surface area contributed by atoms with E-state index in [4.69, 9.17) is 14.2 Å². The largest absolute Gasteiger partial charge is 0.508 e. The van der Waals surface area contributed by atoms with Crippen LogP contribution in [0.4, 0.5) is 0 Å². The molecule has 4 aromatic rings. The Morgan fingerprint density at radius 1 is 0.639 bits per heavy atom. The van der Waals surface area contributed by atoms with E-state index in [1.165, 1.54) is 6.07 Å². The van der Waals surface area contributed by atoms with Gasteiger partial charge in [0.2, 0.25) is 0 Å². The minimum absolute atomic E-state index is 0.000721. The highest BCUT2D eigenvalue weighted by Crippen LogP contribution is 2.51. The molecule has 3 N–H and O–H groups in total. The molecule has 6 heteroatoms. The fraction of sp³-hybridized carbons (Fsp3) is 0.133. The van der Waals surface area contributed by atoms with Crippen molar-refractivity contribution < 1.29 is 29.5 Å². The van der Waals surface area contributed by atoms with Crippen LogP contribution in [0.15, 0.2) is 78.9 Å². The second-order valence-corrected chi connectivity index (χ2v) is 8.67. The molecular formula is C30H26O6. The summed E-state index contributed by atoms with van der Waals surface area (Å²) in [7, 11) is 3.24. The van der Waals surface area contributed by atoms with Gasteiger partial charge in [0.15, 0.2) is 0 Å². The molecule has 36 heavy (non-hydrogen) atoms. The lowest BCUT2D eigenvalue weighted by Gasteiger charge is -2.21. The van der Waals surface area contributed by atoms with Crippen LogP contribution in [-0.4, -0.2) is 29.5 Å². The highest BCUT2D eigenvalue weighted by atomic mass is 16.5. The summed E-state index contributed by atoms with van der Waals surface area (Å²) >= 11 is 0. The molecule has 0 spiro atoms. The molecular weight excluding hydrogens is 456 g/mol. The Hall–Kier alpha value is -4.58. The number of hydrogen-bond acceptors (Lipinski definition) is 6. The number of aromatic hydroxyl groups is 3. The van der Waals surface area contributed by atoms with Crippen LogP contribution in [-0.2, 0) is 0 Å². The first kappa shape index (κ1) is 23.2. The van der Waals surface area contributed by atoms with Crippen LogP contribution in [0.5, 0.6) is 34.5 Å². The summed E-state index contributed by atoms with van der Waals surface area (Å²) in [6.45, 7) is 0. The van der Waals surface area contributed by atoms with Crippen LogP contribution in [0.25, 0.3) is 12.2 Å². The minimum Gasteiger partial charge on any atom is -0.508 e. The van der Waals surface area contributed by atoms with Crippen molar-refractivity contribution in [2.75, 3.05) is 14.2 Å². The van der Waals surface area contributed by atoms with E-state index >= 15 is 0 Å². The van der Waals surface area contributed by atoms with Crippen molar-refractivity contribution >= 4 is 12.2 Å². The molecule has 0 fully saturated rings. The fourth-order valence-corrected chi connectivity index (χ4v) is 4.58. The number of phenolic OH excluding ortho intramolecular Hbond substituents is 3. The molecule has 0 saturated carbocycles. The Bertz CT molecular complexity index is 1380. The second kappa shape index (κ2) is 9.58. The molecule has 0 aromatic heterocycles. The van der Waals surface area contributed by atoms with Crippen molar-refractivity contribution in [3.05, 3.63) is 107 Å². The number of rotatable bonds is 6. The van der Waals surface area contributed by atoms with Crippen molar-refractivity contribution in [3.63, 3.8) is 0 Å². The van der Waals surface area contributed by atoms with E-state index in [-0.39, 0.29) is 29.3 Å². The number of hydrogen-bond donors (Lipinski definition) is 3. The molecule has 1 heterocycles. The molecule has 0 aliphatic carbocycles. The third-order valence-electron chi connectivity index (χ3n) is 6.27. The van der Waals surface area contributed by atoms with Gasteiger partial charge in [-0.15, -0.1) is 0 Å². The summed E-state index contributed by atoms with van der Waals surface area (Å²) in [5.41, 5.74) is 4.53. The van der Waals surface area contributed by atoms with Gasteiger partial charge in [0.1, 0.15) is 40.6 Å². The van der Waals surface area contributed by atoms with Crippen LogP contribution in [0.1, 0.15) is 39.8 Å². The zero-order valence-electron chi connectivity index (χ0n) is 19.9. The molecule has 0 bridgehead atoms.